The van der Waals surface area contributed by atoms with E-state index in [2.05, 4.69) is 0 Å². The first-order chi connectivity index (χ1) is 11.2. The predicted octanol–water partition coefficient (Wildman–Crippen LogP) is 3.29. The smallest absolute Gasteiger partial charge is 0.179 e. The predicted molar refractivity (Wildman–Crippen MR) is 91.3 cm³/mol. The molecule has 24 heavy (non-hydrogen) atoms. The number of rotatable bonds is 6. The molecule has 0 fully saturated rings. The molecule has 0 saturated heterocycles. The first-order valence-electron chi connectivity index (χ1n) is 7.59. The normalized spacial score (nSPS) is 13.1. The Hall–Kier alpha value is -1.92. The molecule has 0 aromatic heterocycles. The highest BCUT2D eigenvalue weighted by Crippen LogP contribution is 2.30. The number of halogens is 1. The maximum atomic E-state index is 13.1. The molecule has 6 heteroatoms. The third-order valence-electron chi connectivity index (χ3n) is 3.70. The molecule has 0 aliphatic heterocycles. The molecule has 0 spiro atoms. The minimum absolute atomic E-state index is 0.00689. The maximum absolute atomic E-state index is 13.1. The largest absolute Gasteiger partial charge is 0.489 e. The quantitative estimate of drug-likeness (QED) is 0.866. The van der Waals surface area contributed by atoms with Crippen molar-refractivity contribution in [3.63, 3.8) is 0 Å². The van der Waals surface area contributed by atoms with E-state index < -0.39 is 15.9 Å². The number of aliphatic hydroxyl groups is 1. The van der Waals surface area contributed by atoms with Crippen LogP contribution in [-0.2, 0) is 9.84 Å². The maximum Gasteiger partial charge on any atom is 0.179 e. The van der Waals surface area contributed by atoms with Crippen molar-refractivity contribution in [3.8, 4) is 16.9 Å². The van der Waals surface area contributed by atoms with Gasteiger partial charge in [0.2, 0.25) is 0 Å². The summed E-state index contributed by atoms with van der Waals surface area (Å²) in [4.78, 5) is 0.0596. The fraction of sp³-hybridized carbons (Fsp3) is 0.333. The number of ether oxygens (including phenoxy) is 1. The molecular weight excluding hydrogens is 331 g/mol. The van der Waals surface area contributed by atoms with Crippen LogP contribution in [0, 0.1) is 11.7 Å². The molecule has 0 radical (unpaired) electrons. The van der Waals surface area contributed by atoms with Gasteiger partial charge >= 0.3 is 0 Å². The van der Waals surface area contributed by atoms with Gasteiger partial charge in [0.1, 0.15) is 23.1 Å². The van der Waals surface area contributed by atoms with E-state index in [-0.39, 0.29) is 29.0 Å². The van der Waals surface area contributed by atoms with E-state index in [1.807, 2.05) is 13.8 Å². The van der Waals surface area contributed by atoms with E-state index in [1.54, 1.807) is 24.3 Å². The minimum Gasteiger partial charge on any atom is -0.489 e. The summed E-state index contributed by atoms with van der Waals surface area (Å²) in [5.41, 5.74) is 1.45. The summed E-state index contributed by atoms with van der Waals surface area (Å²) in [7, 11) is -3.47. The van der Waals surface area contributed by atoms with Crippen LogP contribution in [0.2, 0.25) is 0 Å². The summed E-state index contributed by atoms with van der Waals surface area (Å²) >= 11 is 0. The highest BCUT2D eigenvalue weighted by Gasteiger charge is 2.18. The minimum atomic E-state index is -3.47. The van der Waals surface area contributed by atoms with Crippen molar-refractivity contribution < 1.29 is 22.7 Å². The van der Waals surface area contributed by atoms with Crippen LogP contribution in [0.15, 0.2) is 47.4 Å². The van der Waals surface area contributed by atoms with Gasteiger partial charge in [-0.3, -0.25) is 0 Å². The number of hydrogen-bond acceptors (Lipinski definition) is 4. The van der Waals surface area contributed by atoms with Crippen LogP contribution in [0.25, 0.3) is 11.1 Å². The van der Waals surface area contributed by atoms with Crippen molar-refractivity contribution in [2.45, 2.75) is 24.8 Å². The summed E-state index contributed by atoms with van der Waals surface area (Å²) in [5.74, 6) is -0.172. The Kier molecular flexibility index (Phi) is 5.62. The average molecular weight is 352 g/mol. The van der Waals surface area contributed by atoms with Gasteiger partial charge < -0.3 is 9.84 Å². The molecule has 1 atom stereocenters. The monoisotopic (exact) mass is 352 g/mol. The van der Waals surface area contributed by atoms with Gasteiger partial charge in [-0.1, -0.05) is 32.0 Å². The summed E-state index contributed by atoms with van der Waals surface area (Å²) < 4.78 is 42.5. The lowest BCUT2D eigenvalue weighted by Gasteiger charge is -2.17. The molecule has 0 bridgehead atoms. The first-order valence-corrected chi connectivity index (χ1v) is 9.48. The van der Waals surface area contributed by atoms with Gasteiger partial charge in [-0.05, 0) is 41.3 Å². The van der Waals surface area contributed by atoms with Crippen molar-refractivity contribution in [3.05, 3.63) is 48.3 Å². The highest BCUT2D eigenvalue weighted by molar-refractivity contribution is 7.90. The zero-order valence-corrected chi connectivity index (χ0v) is 14.7. The molecule has 4 nitrogen and oxygen atoms in total. The Labute approximate surface area is 141 Å². The van der Waals surface area contributed by atoms with Gasteiger partial charge in [0.25, 0.3) is 0 Å². The Morgan fingerprint density at radius 3 is 2.21 bits per heavy atom. The van der Waals surface area contributed by atoms with Crippen LogP contribution < -0.4 is 4.74 Å². The molecular formula is C18H21FO4S. The Bertz CT molecular complexity index is 798. The molecule has 1 unspecified atom stereocenters. The third kappa shape index (κ3) is 4.55. The molecule has 0 heterocycles. The molecule has 2 rings (SSSR count). The van der Waals surface area contributed by atoms with E-state index in [0.717, 1.165) is 11.8 Å². The van der Waals surface area contributed by atoms with E-state index in [0.29, 0.717) is 5.56 Å². The van der Waals surface area contributed by atoms with Gasteiger partial charge in [-0.2, -0.15) is 0 Å². The van der Waals surface area contributed by atoms with Crippen molar-refractivity contribution in [1.29, 1.82) is 0 Å². The SMILES string of the molecule is CC(C)C(O)COc1cc(-c2ccc(F)cc2)ccc1S(C)(=O)=O. The first kappa shape index (κ1) is 18.4. The summed E-state index contributed by atoms with van der Waals surface area (Å²) in [6.45, 7) is 3.69. The fourth-order valence-electron chi connectivity index (χ4n) is 2.12. The summed E-state index contributed by atoms with van der Waals surface area (Å²) in [6, 6.07) is 10.6. The topological polar surface area (TPSA) is 63.6 Å². The highest BCUT2D eigenvalue weighted by atomic mass is 32.2. The Morgan fingerprint density at radius 2 is 1.67 bits per heavy atom. The number of sulfone groups is 1. The molecule has 0 aliphatic rings. The molecule has 0 saturated carbocycles. The van der Waals surface area contributed by atoms with E-state index in [4.69, 9.17) is 4.74 Å². The van der Waals surface area contributed by atoms with Crippen molar-refractivity contribution in [2.75, 3.05) is 12.9 Å². The second kappa shape index (κ2) is 7.32. The van der Waals surface area contributed by atoms with Gasteiger partial charge in [-0.25, -0.2) is 12.8 Å². The van der Waals surface area contributed by atoms with Crippen molar-refractivity contribution in [1.82, 2.24) is 0 Å². The van der Waals surface area contributed by atoms with Gasteiger partial charge in [0, 0.05) is 6.26 Å². The lowest BCUT2D eigenvalue weighted by atomic mass is 10.1. The van der Waals surface area contributed by atoms with Crippen molar-refractivity contribution >= 4 is 9.84 Å². The Morgan fingerprint density at radius 1 is 1.08 bits per heavy atom. The van der Waals surface area contributed by atoms with Crippen LogP contribution >= 0.6 is 0 Å². The van der Waals surface area contributed by atoms with Crippen LogP contribution in [0.5, 0.6) is 5.75 Å². The lowest BCUT2D eigenvalue weighted by molar-refractivity contribution is 0.0689. The van der Waals surface area contributed by atoms with Crippen LogP contribution in [0.3, 0.4) is 0 Å². The molecule has 2 aromatic carbocycles. The van der Waals surface area contributed by atoms with Crippen LogP contribution in [0.1, 0.15) is 13.8 Å². The summed E-state index contributed by atoms with van der Waals surface area (Å²) in [6.07, 6.45) is 0.401. The fourth-order valence-corrected chi connectivity index (χ4v) is 2.92. The Balaban J connectivity index is 2.40. The average Bonchev–Trinajstić information content (AvgIpc) is 2.52. The van der Waals surface area contributed by atoms with Gasteiger partial charge in [0.05, 0.1) is 6.10 Å². The van der Waals surface area contributed by atoms with Gasteiger partial charge in [0.15, 0.2) is 9.84 Å². The summed E-state index contributed by atoms with van der Waals surface area (Å²) in [5, 5.41) is 9.88. The zero-order valence-electron chi connectivity index (χ0n) is 13.9. The molecule has 0 aliphatic carbocycles. The number of aliphatic hydroxyl groups excluding tert-OH is 1. The van der Waals surface area contributed by atoms with Gasteiger partial charge in [-0.15, -0.1) is 0 Å². The van der Waals surface area contributed by atoms with E-state index in [1.165, 1.54) is 18.2 Å². The standard InChI is InChI=1S/C18H21FO4S/c1-12(2)16(20)11-23-17-10-14(6-9-18(17)24(3,21)22)13-4-7-15(19)8-5-13/h4-10,12,16,20H,11H2,1-3H3. The molecule has 1 N–H and O–H groups in total. The second-order valence-electron chi connectivity index (χ2n) is 6.06. The van der Waals surface area contributed by atoms with Crippen LogP contribution in [-0.4, -0.2) is 32.5 Å². The number of benzene rings is 2. The second-order valence-corrected chi connectivity index (χ2v) is 8.05. The van der Waals surface area contributed by atoms with Crippen molar-refractivity contribution in [2.24, 2.45) is 5.92 Å². The zero-order chi connectivity index (χ0) is 17.9. The third-order valence-corrected chi connectivity index (χ3v) is 4.84. The lowest BCUT2D eigenvalue weighted by Crippen LogP contribution is -2.23. The molecule has 130 valence electrons. The molecule has 2 aromatic rings. The molecule has 0 amide bonds. The number of hydrogen-bond donors (Lipinski definition) is 1. The van der Waals surface area contributed by atoms with E-state index in [9.17, 15) is 17.9 Å². The van der Waals surface area contributed by atoms with E-state index >= 15 is 0 Å². The van der Waals surface area contributed by atoms with Crippen LogP contribution in [0.4, 0.5) is 4.39 Å².